The van der Waals surface area contributed by atoms with E-state index < -0.39 is 0 Å². The van der Waals surface area contributed by atoms with Gasteiger partial charge in [-0.05, 0) is 48.6 Å². The second kappa shape index (κ2) is 8.14. The van der Waals surface area contributed by atoms with Crippen LogP contribution in [0, 0.1) is 0 Å². The van der Waals surface area contributed by atoms with Crippen molar-refractivity contribution in [3.8, 4) is 0 Å². The molecule has 0 fully saturated rings. The number of hydrogen-bond donors (Lipinski definition) is 2. The molecule has 0 aliphatic carbocycles. The van der Waals surface area contributed by atoms with Crippen molar-refractivity contribution in [2.45, 2.75) is 26.2 Å². The lowest BCUT2D eigenvalue weighted by Crippen LogP contribution is -1.96. The molecule has 0 saturated heterocycles. The highest BCUT2D eigenvalue weighted by atomic mass is 14.7. The van der Waals surface area contributed by atoms with Crippen molar-refractivity contribution < 1.29 is 0 Å². The van der Waals surface area contributed by atoms with Crippen molar-refractivity contribution >= 4 is 11.9 Å². The molecule has 0 radical (unpaired) electrons. The van der Waals surface area contributed by atoms with Gasteiger partial charge in [-0.3, -0.25) is 4.99 Å². The summed E-state index contributed by atoms with van der Waals surface area (Å²) in [7, 11) is 0. The lowest BCUT2D eigenvalue weighted by molar-refractivity contribution is 0.834. The highest BCUT2D eigenvalue weighted by Gasteiger charge is 1.99. The highest BCUT2D eigenvalue weighted by molar-refractivity contribution is 5.72. The lowest BCUT2D eigenvalue weighted by atomic mass is 10.0. The predicted molar refractivity (Wildman–Crippen MR) is 84.4 cm³/mol. The van der Waals surface area contributed by atoms with E-state index in [1.165, 1.54) is 11.1 Å². The SMILES string of the molecule is C=CC(N)=CC=NCCCc1ccc(N)c(CC)c1. The molecule has 3 nitrogen and oxygen atoms in total. The maximum Gasteiger partial charge on any atom is 0.0392 e. The molecule has 1 aromatic rings. The van der Waals surface area contributed by atoms with Crippen LogP contribution in [-0.4, -0.2) is 12.8 Å². The molecule has 102 valence electrons. The van der Waals surface area contributed by atoms with Gasteiger partial charge in [0, 0.05) is 24.1 Å². The Bertz CT molecular complexity index is 473. The van der Waals surface area contributed by atoms with E-state index in [1.54, 1.807) is 18.4 Å². The fourth-order valence-corrected chi connectivity index (χ4v) is 1.78. The molecule has 0 bridgehead atoms. The Morgan fingerprint density at radius 1 is 1.42 bits per heavy atom. The van der Waals surface area contributed by atoms with Crippen molar-refractivity contribution in [1.29, 1.82) is 0 Å². The van der Waals surface area contributed by atoms with Crippen molar-refractivity contribution in [2.75, 3.05) is 12.3 Å². The zero-order valence-corrected chi connectivity index (χ0v) is 11.6. The van der Waals surface area contributed by atoms with Gasteiger partial charge in [-0.2, -0.15) is 0 Å². The minimum absolute atomic E-state index is 0.634. The van der Waals surface area contributed by atoms with E-state index in [0.29, 0.717) is 5.70 Å². The summed E-state index contributed by atoms with van der Waals surface area (Å²) in [6, 6.07) is 6.27. The van der Waals surface area contributed by atoms with Gasteiger partial charge >= 0.3 is 0 Å². The Balaban J connectivity index is 2.39. The van der Waals surface area contributed by atoms with Crippen molar-refractivity contribution in [2.24, 2.45) is 10.7 Å². The Morgan fingerprint density at radius 3 is 2.89 bits per heavy atom. The molecule has 0 heterocycles. The van der Waals surface area contributed by atoms with Gasteiger partial charge in [0.1, 0.15) is 0 Å². The summed E-state index contributed by atoms with van der Waals surface area (Å²) in [6.07, 6.45) is 8.11. The number of nitrogen functional groups attached to an aromatic ring is 1. The Labute approximate surface area is 115 Å². The van der Waals surface area contributed by atoms with Gasteiger partial charge < -0.3 is 11.5 Å². The predicted octanol–water partition coefficient (Wildman–Crippen LogP) is 2.86. The van der Waals surface area contributed by atoms with Crippen LogP contribution in [-0.2, 0) is 12.8 Å². The van der Waals surface area contributed by atoms with E-state index in [0.717, 1.165) is 31.5 Å². The third-order valence-electron chi connectivity index (χ3n) is 2.95. The van der Waals surface area contributed by atoms with Gasteiger partial charge in [-0.1, -0.05) is 25.6 Å². The maximum atomic E-state index is 5.89. The third kappa shape index (κ3) is 5.42. The van der Waals surface area contributed by atoms with Gasteiger partial charge in [-0.25, -0.2) is 0 Å². The summed E-state index contributed by atoms with van der Waals surface area (Å²) in [4.78, 5) is 4.28. The van der Waals surface area contributed by atoms with E-state index >= 15 is 0 Å². The number of nitrogens with two attached hydrogens (primary N) is 2. The number of hydrogen-bond acceptors (Lipinski definition) is 3. The van der Waals surface area contributed by atoms with Gasteiger partial charge in [0.2, 0.25) is 0 Å². The molecule has 3 heteroatoms. The molecule has 1 aromatic carbocycles. The second-order valence-electron chi connectivity index (χ2n) is 4.42. The Hall–Kier alpha value is -2.03. The fraction of sp³-hybridized carbons (Fsp3) is 0.312. The Morgan fingerprint density at radius 2 is 2.21 bits per heavy atom. The first kappa shape index (κ1) is 15.0. The number of aliphatic imine (C=N–C) groups is 1. The standard InChI is InChI=1S/C16H23N3/c1-3-14-12-13(7-8-16(14)18)6-5-10-19-11-9-15(17)4-2/h4,7-9,11-12H,2-3,5-6,10,17-18H2,1H3. The minimum atomic E-state index is 0.634. The molecule has 0 amide bonds. The monoisotopic (exact) mass is 257 g/mol. The van der Waals surface area contributed by atoms with E-state index in [1.807, 2.05) is 6.07 Å². The van der Waals surface area contributed by atoms with E-state index in [-0.39, 0.29) is 0 Å². The number of allylic oxidation sites excluding steroid dienone is 2. The first-order valence-electron chi connectivity index (χ1n) is 6.62. The first-order valence-corrected chi connectivity index (χ1v) is 6.62. The molecule has 0 spiro atoms. The summed E-state index contributed by atoms with van der Waals surface area (Å²) < 4.78 is 0. The van der Waals surface area contributed by atoms with Crippen molar-refractivity contribution in [3.63, 3.8) is 0 Å². The van der Waals surface area contributed by atoms with Crippen LogP contribution in [0.15, 0.2) is 47.6 Å². The lowest BCUT2D eigenvalue weighted by Gasteiger charge is -2.06. The molecular formula is C16H23N3. The van der Waals surface area contributed by atoms with Crippen LogP contribution < -0.4 is 11.5 Å². The van der Waals surface area contributed by atoms with Crippen LogP contribution in [0.25, 0.3) is 0 Å². The fourth-order valence-electron chi connectivity index (χ4n) is 1.78. The third-order valence-corrected chi connectivity index (χ3v) is 2.95. The number of benzene rings is 1. The van der Waals surface area contributed by atoms with Gasteiger partial charge in [0.05, 0.1) is 0 Å². The minimum Gasteiger partial charge on any atom is -0.399 e. The number of anilines is 1. The van der Waals surface area contributed by atoms with Gasteiger partial charge in [-0.15, -0.1) is 0 Å². The quantitative estimate of drug-likeness (QED) is 0.341. The van der Waals surface area contributed by atoms with E-state index in [2.05, 4.69) is 30.6 Å². The summed E-state index contributed by atoms with van der Waals surface area (Å²) in [5.41, 5.74) is 15.5. The number of nitrogens with zero attached hydrogens (tertiary/aromatic N) is 1. The van der Waals surface area contributed by atoms with Gasteiger partial charge in [0.25, 0.3) is 0 Å². The molecule has 1 rings (SSSR count). The number of aryl methyl sites for hydroxylation is 2. The largest absolute Gasteiger partial charge is 0.399 e. The van der Waals surface area contributed by atoms with Crippen LogP contribution in [0.4, 0.5) is 5.69 Å². The molecule has 0 saturated carbocycles. The van der Waals surface area contributed by atoms with Crippen molar-refractivity contribution in [1.82, 2.24) is 0 Å². The summed E-state index contributed by atoms with van der Waals surface area (Å²) >= 11 is 0. The van der Waals surface area contributed by atoms with Crippen LogP contribution in [0.5, 0.6) is 0 Å². The average molecular weight is 257 g/mol. The highest BCUT2D eigenvalue weighted by Crippen LogP contribution is 2.15. The molecule has 0 atom stereocenters. The maximum absolute atomic E-state index is 5.89. The van der Waals surface area contributed by atoms with E-state index in [4.69, 9.17) is 11.5 Å². The zero-order valence-electron chi connectivity index (χ0n) is 11.6. The molecule has 19 heavy (non-hydrogen) atoms. The number of rotatable bonds is 7. The second-order valence-corrected chi connectivity index (χ2v) is 4.42. The van der Waals surface area contributed by atoms with Crippen LogP contribution >= 0.6 is 0 Å². The molecular weight excluding hydrogens is 234 g/mol. The molecule has 0 unspecified atom stereocenters. The zero-order chi connectivity index (χ0) is 14.1. The average Bonchev–Trinajstić information content (AvgIpc) is 2.43. The van der Waals surface area contributed by atoms with Gasteiger partial charge in [0.15, 0.2) is 0 Å². The van der Waals surface area contributed by atoms with E-state index in [9.17, 15) is 0 Å². The van der Waals surface area contributed by atoms with Crippen LogP contribution in [0.3, 0.4) is 0 Å². The smallest absolute Gasteiger partial charge is 0.0392 e. The summed E-state index contributed by atoms with van der Waals surface area (Å²) in [6.45, 7) is 6.49. The molecule has 4 N–H and O–H groups in total. The first-order chi connectivity index (χ1) is 9.17. The summed E-state index contributed by atoms with van der Waals surface area (Å²) in [5, 5.41) is 0. The van der Waals surface area contributed by atoms with Crippen molar-refractivity contribution in [3.05, 3.63) is 53.8 Å². The molecule has 0 aromatic heterocycles. The van der Waals surface area contributed by atoms with Crippen LogP contribution in [0.2, 0.25) is 0 Å². The Kier molecular flexibility index (Phi) is 6.44. The topological polar surface area (TPSA) is 64.4 Å². The molecule has 0 aliphatic rings. The normalized spacial score (nSPS) is 11.9. The van der Waals surface area contributed by atoms with Crippen LogP contribution in [0.1, 0.15) is 24.5 Å². The molecule has 0 aliphatic heterocycles. The summed E-state index contributed by atoms with van der Waals surface area (Å²) in [5.74, 6) is 0.